The van der Waals surface area contributed by atoms with Gasteiger partial charge in [0.15, 0.2) is 0 Å². The largest absolute Gasteiger partial charge is 0.354 e. The van der Waals surface area contributed by atoms with Gasteiger partial charge in [0.25, 0.3) is 0 Å². The monoisotopic (exact) mass is 488 g/mol. The second kappa shape index (κ2) is 12.2. The van der Waals surface area contributed by atoms with Crippen molar-refractivity contribution in [3.63, 3.8) is 0 Å². The van der Waals surface area contributed by atoms with Crippen molar-refractivity contribution in [3.05, 3.63) is 59.9 Å². The molecule has 0 bridgehead atoms. The average Bonchev–Trinajstić information content (AvgIpc) is 2.80. The fourth-order valence-electron chi connectivity index (χ4n) is 3.06. The van der Waals surface area contributed by atoms with E-state index in [1.807, 2.05) is 0 Å². The van der Waals surface area contributed by atoms with Crippen LogP contribution < -0.4 is 26.8 Å². The summed E-state index contributed by atoms with van der Waals surface area (Å²) in [6.07, 6.45) is 3.51. The highest BCUT2D eigenvalue weighted by molar-refractivity contribution is 7.89. The molecule has 3 rings (SSSR count). The molecule has 0 fully saturated rings. The summed E-state index contributed by atoms with van der Waals surface area (Å²) in [5.41, 5.74) is 7.10. The van der Waals surface area contributed by atoms with Crippen LogP contribution in [0.3, 0.4) is 0 Å². The molecule has 7 N–H and O–H groups in total. The number of hydrogen-bond acceptors (Lipinski definition) is 9. The van der Waals surface area contributed by atoms with Crippen LogP contribution in [0.2, 0.25) is 0 Å². The molecule has 10 nitrogen and oxygen atoms in total. The van der Waals surface area contributed by atoms with E-state index in [-0.39, 0.29) is 10.7 Å². The summed E-state index contributed by atoms with van der Waals surface area (Å²) in [4.78, 5) is 13.3. The molecule has 0 aliphatic heterocycles. The van der Waals surface area contributed by atoms with Crippen LogP contribution in [0.1, 0.15) is 24.8 Å². The van der Waals surface area contributed by atoms with Crippen LogP contribution in [0.5, 0.6) is 0 Å². The van der Waals surface area contributed by atoms with Crippen molar-refractivity contribution in [3.8, 4) is 0 Å². The first-order valence-corrected chi connectivity index (χ1v) is 12.5. The van der Waals surface area contributed by atoms with Gasteiger partial charge in [0.2, 0.25) is 27.9 Å². The molecule has 0 saturated carbocycles. The Kier molecular flexibility index (Phi) is 9.08. The molecular weight excluding hydrogens is 459 g/mol. The minimum atomic E-state index is -3.72. The number of rotatable bonds is 13. The number of hydrogen-bond donors (Lipinski definition) is 5. The summed E-state index contributed by atoms with van der Waals surface area (Å²) < 4.78 is 36.0. The number of nitrogens with two attached hydrogens (primary N) is 2. The lowest BCUT2D eigenvalue weighted by molar-refractivity contribution is 0.597. The Balaban J connectivity index is 1.65. The first kappa shape index (κ1) is 25.3. The van der Waals surface area contributed by atoms with E-state index in [1.165, 1.54) is 24.3 Å². The highest BCUT2D eigenvalue weighted by Gasteiger charge is 2.09. The van der Waals surface area contributed by atoms with Crippen LogP contribution in [0.25, 0.3) is 0 Å². The first-order chi connectivity index (χ1) is 16.3. The Labute approximate surface area is 198 Å². The molecular formula is C22H29FN8O2S. The molecule has 0 aliphatic rings. The minimum absolute atomic E-state index is 0.0698. The molecule has 0 radical (unpaired) electrons. The number of anilines is 4. The minimum Gasteiger partial charge on any atom is -0.354 e. The third-order valence-electron chi connectivity index (χ3n) is 4.85. The van der Waals surface area contributed by atoms with Gasteiger partial charge in [-0.3, -0.25) is 0 Å². The summed E-state index contributed by atoms with van der Waals surface area (Å²) >= 11 is 0. The standard InChI is InChI=1S/C22H29FN8O2S/c23-17-6-8-18(9-7-17)28-22-30-20(26-14-3-1-2-13-24)29-21(31-22)27-15-12-16-4-10-19(11-5-16)34(25,32)33/h4-11H,1-3,12-15,24H2,(H2,25,32,33)(H3,26,27,28,29,30,31). The van der Waals surface area contributed by atoms with Gasteiger partial charge in [0.1, 0.15) is 5.82 Å². The van der Waals surface area contributed by atoms with E-state index in [2.05, 4.69) is 30.9 Å². The van der Waals surface area contributed by atoms with Crippen molar-refractivity contribution >= 4 is 33.6 Å². The van der Waals surface area contributed by atoms with Crippen LogP contribution in [-0.2, 0) is 16.4 Å². The number of unbranched alkanes of at least 4 members (excludes halogenated alkanes) is 2. The van der Waals surface area contributed by atoms with Crippen molar-refractivity contribution in [1.29, 1.82) is 0 Å². The van der Waals surface area contributed by atoms with E-state index in [4.69, 9.17) is 10.9 Å². The second-order valence-electron chi connectivity index (χ2n) is 7.58. The molecule has 12 heteroatoms. The lowest BCUT2D eigenvalue weighted by Crippen LogP contribution is -2.14. The summed E-state index contributed by atoms with van der Waals surface area (Å²) in [6.45, 7) is 1.86. The number of primary sulfonamides is 1. The zero-order valence-electron chi connectivity index (χ0n) is 18.7. The van der Waals surface area contributed by atoms with Crippen molar-refractivity contribution < 1.29 is 12.8 Å². The van der Waals surface area contributed by atoms with E-state index < -0.39 is 10.0 Å². The zero-order chi connectivity index (χ0) is 24.4. The smallest absolute Gasteiger partial charge is 0.238 e. The van der Waals surface area contributed by atoms with Crippen LogP contribution in [0.15, 0.2) is 53.4 Å². The fourth-order valence-corrected chi connectivity index (χ4v) is 3.58. The highest BCUT2D eigenvalue weighted by Crippen LogP contribution is 2.17. The van der Waals surface area contributed by atoms with Crippen molar-refractivity contribution in [2.75, 3.05) is 35.6 Å². The topological polar surface area (TPSA) is 161 Å². The second-order valence-corrected chi connectivity index (χ2v) is 9.14. The third kappa shape index (κ3) is 8.21. The van der Waals surface area contributed by atoms with Gasteiger partial charge < -0.3 is 21.7 Å². The fraction of sp³-hybridized carbons (Fsp3) is 0.318. The predicted octanol–water partition coefficient (Wildman–Crippen LogP) is 2.60. The van der Waals surface area contributed by atoms with Crippen LogP contribution >= 0.6 is 0 Å². The SMILES string of the molecule is NCCCCCNc1nc(NCCc2ccc(S(N)(=O)=O)cc2)nc(Nc2ccc(F)cc2)n1. The molecule has 1 heterocycles. The van der Waals surface area contributed by atoms with Gasteiger partial charge in [-0.05, 0) is 67.8 Å². The molecule has 1 aromatic heterocycles. The van der Waals surface area contributed by atoms with Gasteiger partial charge in [-0.15, -0.1) is 0 Å². The molecule has 34 heavy (non-hydrogen) atoms. The maximum absolute atomic E-state index is 13.2. The van der Waals surface area contributed by atoms with Gasteiger partial charge in [-0.2, -0.15) is 15.0 Å². The van der Waals surface area contributed by atoms with Gasteiger partial charge in [-0.25, -0.2) is 17.9 Å². The van der Waals surface area contributed by atoms with Gasteiger partial charge >= 0.3 is 0 Å². The Morgan fingerprint density at radius 2 is 1.41 bits per heavy atom. The van der Waals surface area contributed by atoms with E-state index in [1.54, 1.807) is 24.3 Å². The molecule has 3 aromatic rings. The molecule has 0 saturated heterocycles. The number of aromatic nitrogens is 3. The normalized spacial score (nSPS) is 11.3. The summed E-state index contributed by atoms with van der Waals surface area (Å²) in [7, 11) is -3.72. The molecule has 0 atom stereocenters. The molecule has 0 unspecified atom stereocenters. The molecule has 0 aliphatic carbocycles. The number of nitrogens with zero attached hydrogens (tertiary/aromatic N) is 3. The summed E-state index contributed by atoms with van der Waals surface area (Å²) in [6, 6.07) is 12.3. The van der Waals surface area contributed by atoms with E-state index >= 15 is 0 Å². The molecule has 0 spiro atoms. The van der Waals surface area contributed by atoms with Crippen molar-refractivity contribution in [2.24, 2.45) is 10.9 Å². The number of halogens is 1. The molecule has 2 aromatic carbocycles. The van der Waals surface area contributed by atoms with Gasteiger partial charge in [0, 0.05) is 18.8 Å². The molecule has 0 amide bonds. The van der Waals surface area contributed by atoms with Crippen LogP contribution in [0.4, 0.5) is 27.9 Å². The Morgan fingerprint density at radius 3 is 2.03 bits per heavy atom. The lowest BCUT2D eigenvalue weighted by atomic mass is 10.1. The van der Waals surface area contributed by atoms with E-state index in [0.717, 1.165) is 24.8 Å². The third-order valence-corrected chi connectivity index (χ3v) is 5.78. The quantitative estimate of drug-likeness (QED) is 0.228. The Bertz CT molecular complexity index is 1160. The van der Waals surface area contributed by atoms with E-state index in [9.17, 15) is 12.8 Å². The molecule has 182 valence electrons. The maximum atomic E-state index is 13.2. The first-order valence-electron chi connectivity index (χ1n) is 10.9. The highest BCUT2D eigenvalue weighted by atomic mass is 32.2. The Morgan fingerprint density at radius 1 is 0.794 bits per heavy atom. The van der Waals surface area contributed by atoms with Crippen LogP contribution in [-0.4, -0.2) is 43.0 Å². The van der Waals surface area contributed by atoms with Crippen molar-refractivity contribution in [2.45, 2.75) is 30.6 Å². The summed E-state index contributed by atoms with van der Waals surface area (Å²) in [5.74, 6) is 0.754. The zero-order valence-corrected chi connectivity index (χ0v) is 19.5. The predicted molar refractivity (Wildman–Crippen MR) is 131 cm³/mol. The number of benzene rings is 2. The lowest BCUT2D eigenvalue weighted by Gasteiger charge is -2.11. The van der Waals surface area contributed by atoms with Gasteiger partial charge in [-0.1, -0.05) is 18.6 Å². The maximum Gasteiger partial charge on any atom is 0.238 e. The van der Waals surface area contributed by atoms with Crippen LogP contribution in [0, 0.1) is 5.82 Å². The van der Waals surface area contributed by atoms with Crippen molar-refractivity contribution in [1.82, 2.24) is 15.0 Å². The number of nitrogens with one attached hydrogen (secondary N) is 3. The van der Waals surface area contributed by atoms with E-state index in [0.29, 0.717) is 49.6 Å². The number of sulfonamides is 1. The average molecular weight is 489 g/mol. The summed E-state index contributed by atoms with van der Waals surface area (Å²) in [5, 5.41) is 14.5. The Hall–Kier alpha value is -3.35. The van der Waals surface area contributed by atoms with Gasteiger partial charge in [0.05, 0.1) is 4.90 Å².